The maximum absolute atomic E-state index is 11.4. The van der Waals surface area contributed by atoms with Crippen molar-refractivity contribution >= 4 is 22.0 Å². The first-order chi connectivity index (χ1) is 9.25. The SMILES string of the molecule is O=C(NOc1ccccc1Br)OCc1ccccc1. The Balaban J connectivity index is 1.78. The summed E-state index contributed by atoms with van der Waals surface area (Å²) in [7, 11) is 0. The van der Waals surface area contributed by atoms with Crippen molar-refractivity contribution in [2.75, 3.05) is 0 Å². The topological polar surface area (TPSA) is 47.6 Å². The zero-order valence-corrected chi connectivity index (χ0v) is 11.6. The highest BCUT2D eigenvalue weighted by Crippen LogP contribution is 2.22. The molecule has 5 heteroatoms. The van der Waals surface area contributed by atoms with Crippen molar-refractivity contribution in [2.45, 2.75) is 6.61 Å². The quantitative estimate of drug-likeness (QED) is 0.874. The molecule has 19 heavy (non-hydrogen) atoms. The largest absolute Gasteiger partial charge is 0.443 e. The van der Waals surface area contributed by atoms with Crippen LogP contribution in [0.4, 0.5) is 4.79 Å². The summed E-state index contributed by atoms with van der Waals surface area (Å²) in [5.41, 5.74) is 3.13. The van der Waals surface area contributed by atoms with Gasteiger partial charge in [0.2, 0.25) is 0 Å². The summed E-state index contributed by atoms with van der Waals surface area (Å²) in [5.74, 6) is 0.513. The molecule has 98 valence electrons. The fourth-order valence-electron chi connectivity index (χ4n) is 1.38. The van der Waals surface area contributed by atoms with E-state index in [2.05, 4.69) is 21.4 Å². The van der Waals surface area contributed by atoms with Crippen LogP contribution in [-0.4, -0.2) is 6.09 Å². The van der Waals surface area contributed by atoms with Gasteiger partial charge in [-0.3, -0.25) is 0 Å². The van der Waals surface area contributed by atoms with E-state index in [1.54, 1.807) is 12.1 Å². The van der Waals surface area contributed by atoms with Crippen molar-refractivity contribution in [3.05, 3.63) is 64.6 Å². The van der Waals surface area contributed by atoms with Crippen molar-refractivity contribution in [1.29, 1.82) is 0 Å². The Kier molecular flexibility index (Phi) is 4.80. The molecule has 0 unspecified atom stereocenters. The monoisotopic (exact) mass is 321 g/mol. The van der Waals surface area contributed by atoms with E-state index in [-0.39, 0.29) is 6.61 Å². The van der Waals surface area contributed by atoms with Gasteiger partial charge in [0.05, 0.1) is 4.47 Å². The molecule has 2 aromatic rings. The highest BCUT2D eigenvalue weighted by atomic mass is 79.9. The molecule has 1 amide bonds. The second-order valence-corrected chi connectivity index (χ2v) is 4.55. The van der Waals surface area contributed by atoms with Crippen LogP contribution < -0.4 is 10.3 Å². The molecular weight excluding hydrogens is 310 g/mol. The minimum absolute atomic E-state index is 0.200. The molecule has 0 atom stereocenters. The number of hydrogen-bond donors (Lipinski definition) is 1. The van der Waals surface area contributed by atoms with Gasteiger partial charge in [-0.1, -0.05) is 42.5 Å². The highest BCUT2D eigenvalue weighted by molar-refractivity contribution is 9.10. The lowest BCUT2D eigenvalue weighted by atomic mass is 10.2. The first kappa shape index (κ1) is 13.4. The first-order valence-electron chi connectivity index (χ1n) is 5.64. The summed E-state index contributed by atoms with van der Waals surface area (Å²) in [5, 5.41) is 0. The fraction of sp³-hybridized carbons (Fsp3) is 0.0714. The third kappa shape index (κ3) is 4.30. The van der Waals surface area contributed by atoms with E-state index in [1.807, 2.05) is 42.5 Å². The second kappa shape index (κ2) is 6.80. The van der Waals surface area contributed by atoms with Crippen LogP contribution in [0.15, 0.2) is 59.1 Å². The first-order valence-corrected chi connectivity index (χ1v) is 6.43. The Morgan fingerprint density at radius 2 is 1.74 bits per heavy atom. The number of benzene rings is 2. The minimum Gasteiger partial charge on any atom is -0.443 e. The molecule has 0 aliphatic carbocycles. The number of carbonyl (C=O) groups excluding carboxylic acids is 1. The van der Waals surface area contributed by atoms with Crippen LogP contribution in [0.25, 0.3) is 0 Å². The summed E-state index contributed by atoms with van der Waals surface area (Å²) in [6.45, 7) is 0.200. The van der Waals surface area contributed by atoms with E-state index < -0.39 is 6.09 Å². The molecule has 1 N–H and O–H groups in total. The lowest BCUT2D eigenvalue weighted by Gasteiger charge is -2.09. The van der Waals surface area contributed by atoms with Gasteiger partial charge in [-0.2, -0.15) is 5.48 Å². The standard InChI is InChI=1S/C14H12BrNO3/c15-12-8-4-5-9-13(12)19-16-14(17)18-10-11-6-2-1-3-7-11/h1-9H,10H2,(H,16,17). The number of para-hydroxylation sites is 1. The van der Waals surface area contributed by atoms with Crippen LogP contribution in [0, 0.1) is 0 Å². The van der Waals surface area contributed by atoms with Gasteiger partial charge in [-0.25, -0.2) is 4.79 Å². The van der Waals surface area contributed by atoms with Gasteiger partial charge in [0.1, 0.15) is 6.61 Å². The molecule has 0 saturated carbocycles. The van der Waals surface area contributed by atoms with Crippen molar-refractivity contribution < 1.29 is 14.4 Å². The number of nitrogens with one attached hydrogen (secondary N) is 1. The molecule has 0 bridgehead atoms. The van der Waals surface area contributed by atoms with Crippen LogP contribution in [0.5, 0.6) is 5.75 Å². The minimum atomic E-state index is -0.639. The van der Waals surface area contributed by atoms with Crippen molar-refractivity contribution in [2.24, 2.45) is 0 Å². The smallest absolute Gasteiger partial charge is 0.440 e. The van der Waals surface area contributed by atoms with Crippen LogP contribution >= 0.6 is 15.9 Å². The van der Waals surface area contributed by atoms with Crippen LogP contribution in [0.3, 0.4) is 0 Å². The van der Waals surface area contributed by atoms with Crippen molar-refractivity contribution in [1.82, 2.24) is 5.48 Å². The molecule has 4 nitrogen and oxygen atoms in total. The molecule has 2 rings (SSSR count). The van der Waals surface area contributed by atoms with E-state index >= 15 is 0 Å². The fourth-order valence-corrected chi connectivity index (χ4v) is 1.74. The zero-order valence-electron chi connectivity index (χ0n) is 10.0. The molecule has 0 aliphatic heterocycles. The predicted molar refractivity (Wildman–Crippen MR) is 74.5 cm³/mol. The summed E-state index contributed by atoms with van der Waals surface area (Å²) < 4.78 is 5.75. The lowest BCUT2D eigenvalue weighted by molar-refractivity contribution is 0.0944. The predicted octanol–water partition coefficient (Wildman–Crippen LogP) is 3.67. The van der Waals surface area contributed by atoms with E-state index in [9.17, 15) is 4.79 Å². The van der Waals surface area contributed by atoms with Gasteiger partial charge in [0, 0.05) is 0 Å². The van der Waals surface area contributed by atoms with Crippen LogP contribution in [0.2, 0.25) is 0 Å². The molecule has 0 fully saturated rings. The average Bonchev–Trinajstić information content (AvgIpc) is 2.45. The van der Waals surface area contributed by atoms with Crippen molar-refractivity contribution in [3.63, 3.8) is 0 Å². The summed E-state index contributed by atoms with van der Waals surface area (Å²) in [6.07, 6.45) is -0.639. The zero-order chi connectivity index (χ0) is 13.5. The molecule has 0 spiro atoms. The summed E-state index contributed by atoms with van der Waals surface area (Å²) in [4.78, 5) is 16.5. The Bertz CT molecular complexity index is 545. The van der Waals surface area contributed by atoms with Crippen molar-refractivity contribution in [3.8, 4) is 5.75 Å². The molecular formula is C14H12BrNO3. The molecule has 0 aromatic heterocycles. The van der Waals surface area contributed by atoms with E-state index in [0.29, 0.717) is 5.75 Å². The normalized spacial score (nSPS) is 9.74. The highest BCUT2D eigenvalue weighted by Gasteiger charge is 2.05. The second-order valence-electron chi connectivity index (χ2n) is 3.70. The van der Waals surface area contributed by atoms with Gasteiger partial charge >= 0.3 is 6.09 Å². The average molecular weight is 322 g/mol. The van der Waals surface area contributed by atoms with Crippen LogP contribution in [0.1, 0.15) is 5.56 Å². The van der Waals surface area contributed by atoms with Gasteiger partial charge in [0.15, 0.2) is 5.75 Å². The van der Waals surface area contributed by atoms with Gasteiger partial charge in [0.25, 0.3) is 0 Å². The number of rotatable bonds is 4. The molecule has 2 aromatic carbocycles. The number of hydroxylamine groups is 1. The number of halogens is 1. The van der Waals surface area contributed by atoms with E-state index in [1.165, 1.54) is 0 Å². The molecule has 0 aliphatic rings. The number of ether oxygens (including phenoxy) is 1. The Morgan fingerprint density at radius 1 is 1.05 bits per heavy atom. The maximum Gasteiger partial charge on any atom is 0.440 e. The third-order valence-corrected chi connectivity index (χ3v) is 2.95. The maximum atomic E-state index is 11.4. The van der Waals surface area contributed by atoms with Gasteiger partial charge in [-0.15, -0.1) is 0 Å². The Morgan fingerprint density at radius 3 is 2.47 bits per heavy atom. The van der Waals surface area contributed by atoms with Gasteiger partial charge in [-0.05, 0) is 33.6 Å². The number of hydrogen-bond acceptors (Lipinski definition) is 3. The Labute approximate surface area is 119 Å². The Hall–Kier alpha value is -2.01. The molecule has 0 heterocycles. The summed E-state index contributed by atoms with van der Waals surface area (Å²) >= 11 is 3.30. The number of amides is 1. The van der Waals surface area contributed by atoms with Gasteiger partial charge < -0.3 is 9.57 Å². The lowest BCUT2D eigenvalue weighted by Crippen LogP contribution is -2.27. The molecule has 0 radical (unpaired) electrons. The van der Waals surface area contributed by atoms with Crippen LogP contribution in [-0.2, 0) is 11.3 Å². The number of carbonyl (C=O) groups is 1. The third-order valence-electron chi connectivity index (χ3n) is 2.29. The van der Waals surface area contributed by atoms with E-state index in [0.717, 1.165) is 10.0 Å². The molecule has 0 saturated heterocycles. The summed E-state index contributed by atoms with van der Waals surface area (Å²) in [6, 6.07) is 16.6. The van der Waals surface area contributed by atoms with E-state index in [4.69, 9.17) is 9.57 Å².